The molecule has 1 fully saturated rings. The minimum absolute atomic E-state index is 0.101. The van der Waals surface area contributed by atoms with Gasteiger partial charge >= 0.3 is 6.09 Å². The Balaban J connectivity index is 1.38. The molecule has 166 valence electrons. The number of amides is 1. The van der Waals surface area contributed by atoms with E-state index in [2.05, 4.69) is 31.0 Å². The van der Waals surface area contributed by atoms with Gasteiger partial charge in [-0.15, -0.1) is 5.10 Å². The van der Waals surface area contributed by atoms with Gasteiger partial charge in [0, 0.05) is 12.6 Å². The topological polar surface area (TPSA) is 116 Å². The largest absolute Gasteiger partial charge is 0.446 e. The van der Waals surface area contributed by atoms with Crippen LogP contribution in [-0.4, -0.2) is 43.1 Å². The third-order valence-corrected chi connectivity index (χ3v) is 4.95. The minimum Gasteiger partial charge on any atom is -0.446 e. The smallest absolute Gasteiger partial charge is 0.413 e. The van der Waals surface area contributed by atoms with Crippen LogP contribution in [0.4, 0.5) is 10.6 Å². The van der Waals surface area contributed by atoms with Gasteiger partial charge in [0.15, 0.2) is 12.3 Å². The van der Waals surface area contributed by atoms with Crippen molar-refractivity contribution in [3.63, 3.8) is 0 Å². The van der Waals surface area contributed by atoms with Crippen molar-refractivity contribution in [3.8, 4) is 0 Å². The molecule has 2 heterocycles. The lowest BCUT2D eigenvalue weighted by Crippen LogP contribution is -2.21. The number of carbonyl (C=O) groups excluding carboxylic acids is 1. The Morgan fingerprint density at radius 2 is 2.03 bits per heavy atom. The molecule has 0 bridgehead atoms. The summed E-state index contributed by atoms with van der Waals surface area (Å²) in [6.45, 7) is 2.01. The number of carbonyl (C=O) groups is 1. The van der Waals surface area contributed by atoms with E-state index >= 15 is 0 Å². The first-order valence-electron chi connectivity index (χ1n) is 10.5. The Morgan fingerprint density at radius 3 is 2.75 bits per heavy atom. The van der Waals surface area contributed by atoms with Gasteiger partial charge in [-0.1, -0.05) is 54.4 Å². The summed E-state index contributed by atoms with van der Waals surface area (Å²) in [6.07, 6.45) is 2.72. The van der Waals surface area contributed by atoms with Crippen LogP contribution in [0.25, 0.3) is 0 Å². The Labute approximate surface area is 185 Å². The van der Waals surface area contributed by atoms with Crippen LogP contribution in [-0.2, 0) is 23.2 Å². The van der Waals surface area contributed by atoms with E-state index in [1.54, 1.807) is 25.2 Å². The second-order valence-corrected chi connectivity index (χ2v) is 7.74. The molecule has 1 aliphatic carbocycles. The fourth-order valence-corrected chi connectivity index (χ4v) is 3.23. The van der Waals surface area contributed by atoms with Gasteiger partial charge in [0.2, 0.25) is 5.82 Å². The lowest BCUT2D eigenvalue weighted by Gasteiger charge is -2.13. The van der Waals surface area contributed by atoms with Crippen LogP contribution in [0.15, 0.2) is 53.7 Å². The monoisotopic (exact) mass is 435 g/mol. The maximum Gasteiger partial charge on any atom is 0.413 e. The van der Waals surface area contributed by atoms with E-state index in [1.807, 2.05) is 37.3 Å². The van der Waals surface area contributed by atoms with E-state index in [-0.39, 0.29) is 12.7 Å². The fraction of sp³-hybridized carbons (Fsp3) is 0.364. The maximum absolute atomic E-state index is 12.1. The molecule has 0 aliphatic heterocycles. The molecule has 1 atom stereocenters. The van der Waals surface area contributed by atoms with Gasteiger partial charge in [0.05, 0.1) is 5.69 Å². The first-order chi connectivity index (χ1) is 15.6. The van der Waals surface area contributed by atoms with Gasteiger partial charge in [-0.25, -0.2) is 14.5 Å². The van der Waals surface area contributed by atoms with Crippen molar-refractivity contribution < 1.29 is 14.4 Å². The van der Waals surface area contributed by atoms with Gasteiger partial charge in [-0.05, 0) is 41.8 Å². The number of aryl methyl sites for hydroxylation is 1. The lowest BCUT2D eigenvalue weighted by atomic mass is 10.1. The highest BCUT2D eigenvalue weighted by molar-refractivity contribution is 6.10. The Kier molecular flexibility index (Phi) is 6.69. The zero-order valence-electron chi connectivity index (χ0n) is 18.0. The van der Waals surface area contributed by atoms with Gasteiger partial charge in [0.1, 0.15) is 11.9 Å². The lowest BCUT2D eigenvalue weighted by molar-refractivity contribution is 0.112. The summed E-state index contributed by atoms with van der Waals surface area (Å²) in [5.41, 5.74) is 1.92. The van der Waals surface area contributed by atoms with Crippen LogP contribution >= 0.6 is 0 Å². The summed E-state index contributed by atoms with van der Waals surface area (Å²) in [4.78, 5) is 22.1. The number of nitrogens with zero attached hydrogens (tertiary/aromatic N) is 6. The minimum atomic E-state index is -0.511. The van der Waals surface area contributed by atoms with E-state index in [0.29, 0.717) is 29.0 Å². The molecule has 32 heavy (non-hydrogen) atoms. The molecule has 10 heteroatoms. The summed E-state index contributed by atoms with van der Waals surface area (Å²) in [5.74, 6) is 1.55. The molecular weight excluding hydrogens is 410 g/mol. The predicted molar refractivity (Wildman–Crippen MR) is 117 cm³/mol. The number of benzene rings is 1. The van der Waals surface area contributed by atoms with Gasteiger partial charge in [-0.3, -0.25) is 5.32 Å². The quantitative estimate of drug-likeness (QED) is 0.405. The molecule has 1 amide bonds. The molecule has 1 N–H and O–H groups in total. The zero-order chi connectivity index (χ0) is 22.3. The van der Waals surface area contributed by atoms with Crippen molar-refractivity contribution in [2.24, 2.45) is 18.1 Å². The van der Waals surface area contributed by atoms with Crippen molar-refractivity contribution in [1.29, 1.82) is 0 Å². The zero-order valence-corrected chi connectivity index (χ0v) is 18.0. The third-order valence-electron chi connectivity index (χ3n) is 4.95. The van der Waals surface area contributed by atoms with Crippen molar-refractivity contribution in [3.05, 3.63) is 65.6 Å². The Hall–Kier alpha value is -3.82. The molecule has 3 aromatic rings. The van der Waals surface area contributed by atoms with E-state index in [9.17, 15) is 4.79 Å². The first-order valence-corrected chi connectivity index (χ1v) is 10.5. The highest BCUT2D eigenvalue weighted by Gasteiger charge is 2.25. The van der Waals surface area contributed by atoms with Crippen molar-refractivity contribution >= 4 is 17.6 Å². The van der Waals surface area contributed by atoms with E-state index in [4.69, 9.17) is 9.57 Å². The summed E-state index contributed by atoms with van der Waals surface area (Å²) in [5, 5.41) is 18.5. The highest BCUT2D eigenvalue weighted by atomic mass is 16.6. The van der Waals surface area contributed by atoms with Gasteiger partial charge < -0.3 is 9.57 Å². The summed E-state index contributed by atoms with van der Waals surface area (Å²) < 4.78 is 6.92. The van der Waals surface area contributed by atoms with Crippen LogP contribution in [0.1, 0.15) is 43.3 Å². The number of rotatable bonds is 9. The van der Waals surface area contributed by atoms with Crippen molar-refractivity contribution in [2.75, 3.05) is 5.32 Å². The molecule has 0 saturated heterocycles. The molecule has 4 rings (SSSR count). The fourth-order valence-electron chi connectivity index (χ4n) is 3.23. The van der Waals surface area contributed by atoms with Crippen LogP contribution in [0.2, 0.25) is 0 Å². The Bertz CT molecular complexity index is 1080. The molecule has 1 aliphatic rings. The third kappa shape index (κ3) is 5.87. The molecule has 1 saturated carbocycles. The molecule has 0 spiro atoms. The number of hydrogen-bond acceptors (Lipinski definition) is 8. The van der Waals surface area contributed by atoms with E-state index in [0.717, 1.165) is 12.0 Å². The molecule has 10 nitrogen and oxygen atoms in total. The summed E-state index contributed by atoms with van der Waals surface area (Å²) >= 11 is 0. The summed E-state index contributed by atoms with van der Waals surface area (Å²) in [7, 11) is 1.73. The second kappa shape index (κ2) is 9.99. The van der Waals surface area contributed by atoms with Crippen LogP contribution in [0, 0.1) is 5.92 Å². The van der Waals surface area contributed by atoms with E-state index in [1.165, 1.54) is 17.5 Å². The number of pyridine rings is 1. The standard InChI is InChI=1S/C22H25N7O3/c1-15(13-16-11-12-16)32-22(30)24-19-10-6-9-18(23-19)14-31-26-20(17-7-4-3-5-8-17)21-25-27-28-29(21)2/h3-10,15-16H,11-14H2,1-2H3,(H,23,24,30)/b26-20+. The second-order valence-electron chi connectivity index (χ2n) is 7.74. The average Bonchev–Trinajstić information content (AvgIpc) is 3.49. The summed E-state index contributed by atoms with van der Waals surface area (Å²) in [6, 6.07) is 14.8. The molecule has 0 radical (unpaired) electrons. The molecule has 2 aromatic heterocycles. The van der Waals surface area contributed by atoms with E-state index < -0.39 is 6.09 Å². The van der Waals surface area contributed by atoms with Crippen LogP contribution < -0.4 is 5.32 Å². The van der Waals surface area contributed by atoms with Crippen LogP contribution in [0.5, 0.6) is 0 Å². The number of anilines is 1. The number of tetrazole rings is 1. The van der Waals surface area contributed by atoms with Crippen molar-refractivity contribution in [1.82, 2.24) is 25.2 Å². The molecule has 1 unspecified atom stereocenters. The molecular formula is C22H25N7O3. The van der Waals surface area contributed by atoms with Crippen molar-refractivity contribution in [2.45, 2.75) is 38.9 Å². The highest BCUT2D eigenvalue weighted by Crippen LogP contribution is 2.34. The average molecular weight is 435 g/mol. The first kappa shape index (κ1) is 21.4. The SMILES string of the molecule is CC(CC1CC1)OC(=O)Nc1cccc(CO/N=C(\c2ccccc2)c2nnnn2C)n1. The maximum atomic E-state index is 12.1. The normalized spacial score (nSPS) is 14.6. The van der Waals surface area contributed by atoms with Gasteiger partial charge in [-0.2, -0.15) is 0 Å². The Morgan fingerprint density at radius 1 is 1.22 bits per heavy atom. The number of oxime groups is 1. The number of hydrogen-bond donors (Lipinski definition) is 1. The number of nitrogens with one attached hydrogen (secondary N) is 1. The number of ether oxygens (including phenoxy) is 1. The van der Waals surface area contributed by atoms with Crippen LogP contribution in [0.3, 0.4) is 0 Å². The predicted octanol–water partition coefficient (Wildman–Crippen LogP) is 3.31. The molecule has 1 aromatic carbocycles. The van der Waals surface area contributed by atoms with Gasteiger partial charge in [0.25, 0.3) is 0 Å². The number of aromatic nitrogens is 5.